The second-order valence-electron chi connectivity index (χ2n) is 8.20. The van der Waals surface area contributed by atoms with Gasteiger partial charge >= 0.3 is 0 Å². The second-order valence-corrected chi connectivity index (χ2v) is 8.64. The molecule has 9 nitrogen and oxygen atoms in total. The summed E-state index contributed by atoms with van der Waals surface area (Å²) in [5.74, 6) is 2.55. The fourth-order valence-corrected chi connectivity index (χ4v) is 5.15. The molecule has 3 aromatic rings. The first-order valence-electron chi connectivity index (χ1n) is 10.2. The van der Waals surface area contributed by atoms with E-state index in [9.17, 15) is 15.0 Å². The fraction of sp³-hybridized carbons (Fsp3) is 0.364. The number of hydrogen-bond donors (Lipinski definition) is 4. The van der Waals surface area contributed by atoms with Gasteiger partial charge in [0.15, 0.2) is 17.0 Å². The first-order chi connectivity index (χ1) is 15.4. The second kappa shape index (κ2) is 7.45. The molecule has 0 unspecified atom stereocenters. The SMILES string of the molecule is C#Cc1nc(NCc2cccc(Cl)c2)c2ncn([C@H]3[C@H](O)[C@H](O)[C@]4(C(=O)NC)C[C@H]34)c2n1. The van der Waals surface area contributed by atoms with Crippen LogP contribution in [-0.4, -0.2) is 54.9 Å². The number of anilines is 1. The number of aliphatic hydroxyl groups excluding tert-OH is 2. The maximum absolute atomic E-state index is 12.4. The van der Waals surface area contributed by atoms with E-state index >= 15 is 0 Å². The molecule has 0 spiro atoms. The van der Waals surface area contributed by atoms with Gasteiger partial charge in [-0.15, -0.1) is 6.42 Å². The normalized spacial score (nSPS) is 28.2. The van der Waals surface area contributed by atoms with Crippen LogP contribution in [0, 0.1) is 23.7 Å². The van der Waals surface area contributed by atoms with Gasteiger partial charge in [-0.1, -0.05) is 23.7 Å². The van der Waals surface area contributed by atoms with Crippen molar-refractivity contribution >= 4 is 34.5 Å². The van der Waals surface area contributed by atoms with E-state index < -0.39 is 23.7 Å². The van der Waals surface area contributed by atoms with E-state index in [1.165, 1.54) is 7.05 Å². The van der Waals surface area contributed by atoms with Crippen molar-refractivity contribution in [2.45, 2.75) is 31.2 Å². The van der Waals surface area contributed by atoms with E-state index in [1.54, 1.807) is 17.0 Å². The van der Waals surface area contributed by atoms with Crippen LogP contribution in [0.4, 0.5) is 5.82 Å². The van der Waals surface area contributed by atoms with Crippen LogP contribution in [0.3, 0.4) is 0 Å². The first kappa shape index (κ1) is 20.7. The Morgan fingerprint density at radius 2 is 2.22 bits per heavy atom. The Morgan fingerprint density at radius 1 is 1.41 bits per heavy atom. The Balaban J connectivity index is 1.52. The highest BCUT2D eigenvalue weighted by atomic mass is 35.5. The van der Waals surface area contributed by atoms with Crippen molar-refractivity contribution in [2.24, 2.45) is 11.3 Å². The van der Waals surface area contributed by atoms with Gasteiger partial charge in [0.1, 0.15) is 6.10 Å². The summed E-state index contributed by atoms with van der Waals surface area (Å²) in [5.41, 5.74) is 0.863. The van der Waals surface area contributed by atoms with Crippen LogP contribution < -0.4 is 10.6 Å². The molecule has 10 heteroatoms. The van der Waals surface area contributed by atoms with Gasteiger partial charge in [0.25, 0.3) is 0 Å². The van der Waals surface area contributed by atoms with Crippen molar-refractivity contribution in [1.29, 1.82) is 0 Å². The number of halogens is 1. The zero-order chi connectivity index (χ0) is 22.6. The quantitative estimate of drug-likeness (QED) is 0.427. The smallest absolute Gasteiger partial charge is 0.229 e. The van der Waals surface area contributed by atoms with Gasteiger partial charge in [-0.3, -0.25) is 4.79 Å². The van der Waals surface area contributed by atoms with Gasteiger partial charge in [0.2, 0.25) is 11.7 Å². The monoisotopic (exact) mass is 452 g/mol. The number of carbonyl (C=O) groups is 1. The zero-order valence-corrected chi connectivity index (χ0v) is 17.9. The number of aromatic nitrogens is 4. The standard InChI is InChI=1S/C22H21ClN6O3/c1-3-14-27-19(25-9-11-5-4-6-12(23)7-11)15-20(28-14)29(10-26-15)16-13-8-22(13,21(32)24-2)18(31)17(16)30/h1,4-7,10,13,16-18,30-31H,8-9H2,2H3,(H,24,32)(H,25,27,28)/t13-,16-,17+,18+,22+/m1/s1. The molecule has 5 rings (SSSR count). The minimum Gasteiger partial charge on any atom is -0.389 e. The number of aliphatic hydroxyl groups is 2. The van der Waals surface area contributed by atoms with Crippen molar-refractivity contribution in [3.8, 4) is 12.3 Å². The molecule has 2 aliphatic rings. The highest BCUT2D eigenvalue weighted by Gasteiger charge is 2.75. The summed E-state index contributed by atoms with van der Waals surface area (Å²) in [5, 5.41) is 27.9. The van der Waals surface area contributed by atoms with Crippen molar-refractivity contribution in [3.63, 3.8) is 0 Å². The maximum atomic E-state index is 12.4. The van der Waals surface area contributed by atoms with Crippen LogP contribution in [0.2, 0.25) is 5.02 Å². The topological polar surface area (TPSA) is 125 Å². The highest BCUT2D eigenvalue weighted by Crippen LogP contribution is 2.67. The minimum absolute atomic E-state index is 0.161. The summed E-state index contributed by atoms with van der Waals surface area (Å²) in [7, 11) is 1.52. The molecular weight excluding hydrogens is 432 g/mol. The predicted octanol–water partition coefficient (Wildman–Crippen LogP) is 1.10. The Morgan fingerprint density at radius 3 is 2.94 bits per heavy atom. The van der Waals surface area contributed by atoms with E-state index in [0.717, 1.165) is 5.56 Å². The van der Waals surface area contributed by atoms with Crippen molar-refractivity contribution in [3.05, 3.63) is 47.0 Å². The molecule has 2 heterocycles. The van der Waals surface area contributed by atoms with Gasteiger partial charge in [-0.2, -0.15) is 0 Å². The van der Waals surface area contributed by atoms with E-state index in [4.69, 9.17) is 18.0 Å². The molecule has 5 atom stereocenters. The lowest BCUT2D eigenvalue weighted by atomic mass is 9.98. The number of imidazole rings is 1. The molecule has 0 bridgehead atoms. The van der Waals surface area contributed by atoms with Gasteiger partial charge in [-0.05, 0) is 30.0 Å². The van der Waals surface area contributed by atoms with Crippen molar-refractivity contribution in [2.75, 3.05) is 12.4 Å². The molecule has 164 valence electrons. The van der Waals surface area contributed by atoms with E-state index in [1.807, 2.05) is 18.2 Å². The number of nitrogens with one attached hydrogen (secondary N) is 2. The lowest BCUT2D eigenvalue weighted by Crippen LogP contribution is -2.41. The Hall–Kier alpha value is -3.19. The molecule has 2 fully saturated rings. The first-order valence-corrected chi connectivity index (χ1v) is 10.6. The molecule has 2 saturated carbocycles. The lowest BCUT2D eigenvalue weighted by molar-refractivity contribution is -0.132. The minimum atomic E-state index is -1.18. The number of fused-ring (bicyclic) bond motifs is 2. The molecule has 32 heavy (non-hydrogen) atoms. The average Bonchev–Trinajstić information content (AvgIpc) is 3.33. The van der Waals surface area contributed by atoms with Gasteiger partial charge < -0.3 is 25.4 Å². The summed E-state index contributed by atoms with van der Waals surface area (Å²) >= 11 is 6.06. The summed E-state index contributed by atoms with van der Waals surface area (Å²) in [6, 6.07) is 6.87. The summed E-state index contributed by atoms with van der Waals surface area (Å²) < 4.78 is 1.69. The number of terminal acetylenes is 1. The molecule has 1 aromatic carbocycles. The highest BCUT2D eigenvalue weighted by molar-refractivity contribution is 6.30. The zero-order valence-electron chi connectivity index (χ0n) is 17.2. The summed E-state index contributed by atoms with van der Waals surface area (Å²) in [4.78, 5) is 25.7. The molecule has 0 saturated heterocycles. The third-order valence-corrected chi connectivity index (χ3v) is 6.78. The third kappa shape index (κ3) is 2.95. The number of hydrogen-bond acceptors (Lipinski definition) is 7. The van der Waals surface area contributed by atoms with Crippen molar-refractivity contribution in [1.82, 2.24) is 24.8 Å². The molecule has 0 aliphatic heterocycles. The Bertz CT molecular complexity index is 1270. The van der Waals surface area contributed by atoms with Crippen LogP contribution in [0.25, 0.3) is 11.2 Å². The van der Waals surface area contributed by atoms with E-state index in [-0.39, 0.29) is 17.6 Å². The van der Waals surface area contributed by atoms with Crippen molar-refractivity contribution < 1.29 is 15.0 Å². The van der Waals surface area contributed by atoms with E-state index in [2.05, 4.69) is 31.5 Å². The summed E-state index contributed by atoms with van der Waals surface area (Å²) in [6.07, 6.45) is 5.28. The summed E-state index contributed by atoms with van der Waals surface area (Å²) in [6.45, 7) is 0.441. The largest absolute Gasteiger partial charge is 0.389 e. The van der Waals surface area contributed by atoms with Crippen LogP contribution in [-0.2, 0) is 11.3 Å². The molecular formula is C22H21ClN6O3. The number of nitrogens with zero attached hydrogens (tertiary/aromatic N) is 4. The van der Waals surface area contributed by atoms with Gasteiger partial charge in [0.05, 0.1) is 23.9 Å². The number of rotatable bonds is 5. The van der Waals surface area contributed by atoms with Crippen LogP contribution >= 0.6 is 11.6 Å². The molecule has 2 aromatic heterocycles. The van der Waals surface area contributed by atoms with Crippen LogP contribution in [0.15, 0.2) is 30.6 Å². The van der Waals surface area contributed by atoms with Crippen LogP contribution in [0.1, 0.15) is 23.9 Å². The Kier molecular flexibility index (Phi) is 4.82. The fourth-order valence-electron chi connectivity index (χ4n) is 4.94. The number of amides is 1. The van der Waals surface area contributed by atoms with E-state index in [0.29, 0.717) is 35.0 Å². The van der Waals surface area contributed by atoms with Gasteiger partial charge in [-0.25, -0.2) is 15.0 Å². The molecule has 0 radical (unpaired) electrons. The van der Waals surface area contributed by atoms with Crippen LogP contribution in [0.5, 0.6) is 0 Å². The predicted molar refractivity (Wildman–Crippen MR) is 118 cm³/mol. The Labute approximate surface area is 188 Å². The van der Waals surface area contributed by atoms with Gasteiger partial charge in [0, 0.05) is 24.5 Å². The molecule has 2 aliphatic carbocycles. The third-order valence-electron chi connectivity index (χ3n) is 6.54. The molecule has 4 N–H and O–H groups in total. The number of carbonyl (C=O) groups excluding carboxylic acids is 1. The lowest BCUT2D eigenvalue weighted by Gasteiger charge is -2.23. The maximum Gasteiger partial charge on any atom is 0.229 e. The molecule has 1 amide bonds. The average molecular weight is 453 g/mol. The number of benzene rings is 1.